The molecule has 0 aromatic heterocycles. The van der Waals surface area contributed by atoms with Gasteiger partial charge in [0, 0.05) is 26.0 Å². The first-order valence-corrected chi connectivity index (χ1v) is 13.4. The molecule has 1 unspecified atom stereocenters. The van der Waals surface area contributed by atoms with Crippen molar-refractivity contribution in [3.8, 4) is 0 Å². The maximum Gasteiger partial charge on any atom is 0.460 e. The molecule has 0 bridgehead atoms. The van der Waals surface area contributed by atoms with Crippen LogP contribution in [-0.4, -0.2) is 40.6 Å². The van der Waals surface area contributed by atoms with E-state index in [4.69, 9.17) is 4.78 Å². The molecular formula is C23H43F6N3S. The van der Waals surface area contributed by atoms with Crippen molar-refractivity contribution in [2.45, 2.75) is 121 Å². The molecule has 0 amide bonds. The molecule has 0 saturated carbocycles. The largest absolute Gasteiger partial charge is 0.460 e. The van der Waals surface area contributed by atoms with Gasteiger partial charge < -0.3 is 9.80 Å². The third-order valence-electron chi connectivity index (χ3n) is 5.80. The Morgan fingerprint density at radius 3 is 1.33 bits per heavy atom. The molecule has 33 heavy (non-hydrogen) atoms. The van der Waals surface area contributed by atoms with E-state index in [1.807, 2.05) is 0 Å². The third-order valence-corrected chi connectivity index (χ3v) is 6.72. The summed E-state index contributed by atoms with van der Waals surface area (Å²) in [4.78, 5) is 4.74. The Bertz CT molecular complexity index is 521. The SMILES string of the molecule is CCCCCCCCCCCCCCCCN1C=CN(C)C1C.N=S(C(F)(F)F)C(F)(F)F. The Morgan fingerprint density at radius 2 is 1.06 bits per heavy atom. The molecule has 1 aliphatic heterocycles. The van der Waals surface area contributed by atoms with E-state index >= 15 is 0 Å². The number of nitrogens with zero attached hydrogens (tertiary/aromatic N) is 2. The summed E-state index contributed by atoms with van der Waals surface area (Å²) in [5, 5.41) is 0. The maximum absolute atomic E-state index is 11.0. The second-order valence-electron chi connectivity index (χ2n) is 8.63. The van der Waals surface area contributed by atoms with E-state index in [2.05, 4.69) is 43.1 Å². The number of alkyl halides is 6. The lowest BCUT2D eigenvalue weighted by atomic mass is 10.0. The number of unbranched alkanes of at least 4 members (excludes halogenated alkanes) is 13. The van der Waals surface area contributed by atoms with Crippen LogP contribution < -0.4 is 0 Å². The summed E-state index contributed by atoms with van der Waals surface area (Å²) < 4.78 is 72.0. The van der Waals surface area contributed by atoms with Crippen molar-refractivity contribution < 1.29 is 26.3 Å². The molecule has 1 N–H and O–H groups in total. The molecule has 1 heterocycles. The summed E-state index contributed by atoms with van der Waals surface area (Å²) in [6.07, 6.45) is 25.1. The smallest absolute Gasteiger partial charge is 0.359 e. The first-order valence-electron chi connectivity index (χ1n) is 12.2. The number of rotatable bonds is 15. The van der Waals surface area contributed by atoms with Crippen LogP contribution in [0.1, 0.15) is 104 Å². The highest BCUT2D eigenvalue weighted by Gasteiger charge is 2.50. The van der Waals surface area contributed by atoms with Crippen molar-refractivity contribution in [2.24, 2.45) is 0 Å². The highest BCUT2D eigenvalue weighted by atomic mass is 32.2. The lowest BCUT2D eigenvalue weighted by molar-refractivity contribution is -0.0754. The van der Waals surface area contributed by atoms with Gasteiger partial charge in [-0.2, -0.15) is 26.3 Å². The molecule has 0 aromatic rings. The summed E-state index contributed by atoms with van der Waals surface area (Å²) in [6.45, 7) is 5.80. The van der Waals surface area contributed by atoms with Crippen LogP contribution in [0, 0.1) is 4.78 Å². The zero-order valence-corrected chi connectivity index (χ0v) is 21.2. The van der Waals surface area contributed by atoms with Gasteiger partial charge in [-0.15, -0.1) is 0 Å². The normalized spacial score (nSPS) is 16.5. The minimum absolute atomic E-state index is 0.553. The quantitative estimate of drug-likeness (QED) is 0.177. The molecule has 3 nitrogen and oxygen atoms in total. The molecule has 0 fully saturated rings. The van der Waals surface area contributed by atoms with Gasteiger partial charge in [-0.25, -0.2) is 0 Å². The first kappa shape index (κ1) is 32.1. The molecule has 0 saturated heterocycles. The Hall–Kier alpha value is -0.930. The zero-order chi connectivity index (χ0) is 25.3. The fraction of sp³-hybridized carbons (Fsp3) is 0.913. The van der Waals surface area contributed by atoms with E-state index in [9.17, 15) is 26.3 Å². The second kappa shape index (κ2) is 17.5. The topological polar surface area (TPSA) is 30.3 Å². The maximum atomic E-state index is 11.0. The summed E-state index contributed by atoms with van der Waals surface area (Å²) in [6, 6.07) is 0. The minimum atomic E-state index is -5.49. The Balaban J connectivity index is 0.000000861. The van der Waals surface area contributed by atoms with Crippen molar-refractivity contribution in [1.82, 2.24) is 9.80 Å². The molecule has 0 spiro atoms. The molecule has 0 aromatic carbocycles. The Labute approximate surface area is 198 Å². The van der Waals surface area contributed by atoms with Gasteiger partial charge in [0.15, 0.2) is 0 Å². The van der Waals surface area contributed by atoms with Crippen molar-refractivity contribution in [1.29, 1.82) is 4.78 Å². The van der Waals surface area contributed by atoms with Gasteiger partial charge >= 0.3 is 11.0 Å². The van der Waals surface area contributed by atoms with Crippen LogP contribution in [0.4, 0.5) is 26.3 Å². The van der Waals surface area contributed by atoms with Gasteiger partial charge in [-0.1, -0.05) is 90.4 Å². The lowest BCUT2D eigenvalue weighted by Gasteiger charge is -2.26. The molecule has 1 aliphatic rings. The van der Waals surface area contributed by atoms with Crippen LogP contribution in [0.3, 0.4) is 0 Å². The molecule has 0 radical (unpaired) electrons. The van der Waals surface area contributed by atoms with E-state index < -0.39 is 21.7 Å². The molecule has 198 valence electrons. The number of hydrogen-bond donors (Lipinski definition) is 1. The van der Waals surface area contributed by atoms with Crippen LogP contribution in [0.15, 0.2) is 12.4 Å². The van der Waals surface area contributed by atoms with Crippen molar-refractivity contribution >= 4 is 10.7 Å². The molecule has 10 heteroatoms. The molecule has 1 rings (SSSR count). The standard InChI is InChI=1S/C21H42N2.C2HF6NS/c1-4-5-6-7-8-9-10-11-12-13-14-15-16-17-18-23-20-19-22(3)21(23)2;3-1(4,5)10(9)2(6,7)8/h19-21H,4-18H2,1-3H3;9H. The average Bonchev–Trinajstić information content (AvgIpc) is 3.05. The van der Waals surface area contributed by atoms with Crippen LogP contribution in [0.5, 0.6) is 0 Å². The number of nitrogens with one attached hydrogen (secondary N) is 1. The van der Waals surface area contributed by atoms with E-state index in [-0.39, 0.29) is 0 Å². The molecular weight excluding hydrogens is 464 g/mol. The van der Waals surface area contributed by atoms with Gasteiger partial charge in [0.25, 0.3) is 0 Å². The van der Waals surface area contributed by atoms with Gasteiger partial charge in [0.05, 0.1) is 6.17 Å². The van der Waals surface area contributed by atoms with Gasteiger partial charge in [-0.3, -0.25) is 4.78 Å². The average molecular weight is 508 g/mol. The minimum Gasteiger partial charge on any atom is -0.359 e. The van der Waals surface area contributed by atoms with Crippen molar-refractivity contribution in [2.75, 3.05) is 13.6 Å². The predicted octanol–water partition coefficient (Wildman–Crippen LogP) is 8.94. The monoisotopic (exact) mass is 507 g/mol. The highest BCUT2D eigenvalue weighted by Crippen LogP contribution is 2.33. The number of hydrogen-bond acceptors (Lipinski definition) is 3. The van der Waals surface area contributed by atoms with Gasteiger partial charge in [0.2, 0.25) is 0 Å². The van der Waals surface area contributed by atoms with Crippen LogP contribution in [-0.2, 0) is 10.7 Å². The fourth-order valence-electron chi connectivity index (χ4n) is 3.56. The van der Waals surface area contributed by atoms with Crippen molar-refractivity contribution in [3.63, 3.8) is 0 Å². The fourth-order valence-corrected chi connectivity index (χ4v) is 3.82. The molecule has 1 atom stereocenters. The highest BCUT2D eigenvalue weighted by molar-refractivity contribution is 7.87. The van der Waals surface area contributed by atoms with Gasteiger partial charge in [0.1, 0.15) is 10.7 Å². The van der Waals surface area contributed by atoms with Crippen LogP contribution >= 0.6 is 0 Å². The summed E-state index contributed by atoms with van der Waals surface area (Å²) in [7, 11) is -2.10. The van der Waals surface area contributed by atoms with Crippen LogP contribution in [0.25, 0.3) is 0 Å². The Kier molecular flexibility index (Phi) is 17.0. The van der Waals surface area contributed by atoms with E-state index in [1.165, 1.54) is 96.4 Å². The van der Waals surface area contributed by atoms with E-state index in [1.54, 1.807) is 0 Å². The summed E-state index contributed by atoms with van der Waals surface area (Å²) in [5.74, 6) is 0. The zero-order valence-electron chi connectivity index (χ0n) is 20.4. The molecule has 0 aliphatic carbocycles. The van der Waals surface area contributed by atoms with Crippen molar-refractivity contribution in [3.05, 3.63) is 12.4 Å². The van der Waals surface area contributed by atoms with Crippen LogP contribution in [0.2, 0.25) is 0 Å². The third kappa shape index (κ3) is 16.4. The Morgan fingerprint density at radius 1 is 0.697 bits per heavy atom. The number of halogens is 6. The van der Waals surface area contributed by atoms with E-state index in [0.29, 0.717) is 6.17 Å². The van der Waals surface area contributed by atoms with E-state index in [0.717, 1.165) is 0 Å². The second-order valence-corrected chi connectivity index (χ2v) is 10.2. The summed E-state index contributed by atoms with van der Waals surface area (Å²) in [5.41, 5.74) is -11.0. The first-order chi connectivity index (χ1) is 15.4. The summed E-state index contributed by atoms with van der Waals surface area (Å²) >= 11 is 0. The van der Waals surface area contributed by atoms with Gasteiger partial charge in [-0.05, 0) is 13.3 Å². The predicted molar refractivity (Wildman–Crippen MR) is 126 cm³/mol. The lowest BCUT2D eigenvalue weighted by Crippen LogP contribution is -2.34.